The van der Waals surface area contributed by atoms with Gasteiger partial charge in [-0.25, -0.2) is 0 Å². The summed E-state index contributed by atoms with van der Waals surface area (Å²) in [7, 11) is 0. The predicted octanol–water partition coefficient (Wildman–Crippen LogP) is 5.20. The smallest absolute Gasteiger partial charge is 0.252 e. The molecule has 0 aromatic heterocycles. The van der Waals surface area contributed by atoms with Crippen molar-refractivity contribution in [1.82, 2.24) is 5.32 Å². The Morgan fingerprint density at radius 2 is 1.44 bits per heavy atom. The van der Waals surface area contributed by atoms with Crippen molar-refractivity contribution >= 4 is 29.2 Å². The van der Waals surface area contributed by atoms with Crippen molar-refractivity contribution in [2.75, 3.05) is 0 Å². The first-order chi connectivity index (χ1) is 12.2. The fraction of sp³-hybridized carbons (Fsp3) is 0.0455. The van der Waals surface area contributed by atoms with Crippen LogP contribution in [0.15, 0.2) is 84.9 Å². The second kappa shape index (κ2) is 8.32. The Labute approximate surface area is 152 Å². The number of carbonyl (C=O) groups excluding carboxylic acids is 1. The zero-order valence-corrected chi connectivity index (χ0v) is 14.4. The Bertz CT molecular complexity index is 856. The van der Waals surface area contributed by atoms with Crippen molar-refractivity contribution in [2.24, 2.45) is 0 Å². The van der Waals surface area contributed by atoms with Crippen molar-refractivity contribution in [3.8, 4) is 0 Å². The van der Waals surface area contributed by atoms with Gasteiger partial charge in [0.2, 0.25) is 0 Å². The average Bonchev–Trinajstić information content (AvgIpc) is 2.67. The van der Waals surface area contributed by atoms with E-state index in [1.807, 2.05) is 91.0 Å². The maximum absolute atomic E-state index is 12.8. The molecule has 0 spiro atoms. The van der Waals surface area contributed by atoms with E-state index in [0.29, 0.717) is 17.1 Å². The lowest BCUT2D eigenvalue weighted by molar-refractivity contribution is -0.115. The first-order valence-electron chi connectivity index (χ1n) is 8.07. The minimum absolute atomic E-state index is 0.106. The van der Waals surface area contributed by atoms with Gasteiger partial charge in [-0.1, -0.05) is 84.4 Å². The van der Waals surface area contributed by atoms with Crippen LogP contribution in [0.3, 0.4) is 0 Å². The van der Waals surface area contributed by atoms with Gasteiger partial charge in [-0.05, 0) is 34.9 Å². The van der Waals surface area contributed by atoms with Gasteiger partial charge in [-0.15, -0.1) is 0 Å². The van der Waals surface area contributed by atoms with Gasteiger partial charge in [0.05, 0.1) is 0 Å². The third kappa shape index (κ3) is 4.82. The van der Waals surface area contributed by atoms with Crippen molar-refractivity contribution in [2.45, 2.75) is 6.54 Å². The van der Waals surface area contributed by atoms with E-state index >= 15 is 0 Å². The minimum Gasteiger partial charge on any atom is -0.348 e. The van der Waals surface area contributed by atoms with Crippen LogP contribution >= 0.6 is 11.6 Å². The molecule has 0 atom stereocenters. The number of benzene rings is 3. The van der Waals surface area contributed by atoms with Crippen LogP contribution in [0.1, 0.15) is 16.7 Å². The van der Waals surface area contributed by atoms with Gasteiger partial charge in [0, 0.05) is 17.1 Å². The Morgan fingerprint density at radius 1 is 0.840 bits per heavy atom. The number of hydrogen-bond acceptors (Lipinski definition) is 1. The topological polar surface area (TPSA) is 29.1 Å². The van der Waals surface area contributed by atoms with E-state index in [0.717, 1.165) is 16.7 Å². The van der Waals surface area contributed by atoms with Gasteiger partial charge >= 0.3 is 0 Å². The third-order valence-corrected chi connectivity index (χ3v) is 4.06. The molecule has 25 heavy (non-hydrogen) atoms. The fourth-order valence-corrected chi connectivity index (χ4v) is 2.62. The zero-order valence-electron chi connectivity index (χ0n) is 13.7. The van der Waals surface area contributed by atoms with Gasteiger partial charge in [-0.3, -0.25) is 4.79 Å². The van der Waals surface area contributed by atoms with E-state index in [9.17, 15) is 4.79 Å². The number of halogens is 1. The lowest BCUT2D eigenvalue weighted by atomic mass is 10.0. The Hall–Kier alpha value is -2.84. The number of rotatable bonds is 5. The zero-order chi connectivity index (χ0) is 17.5. The van der Waals surface area contributed by atoms with E-state index in [-0.39, 0.29) is 5.91 Å². The summed E-state index contributed by atoms with van der Waals surface area (Å²) in [5.74, 6) is -0.106. The molecule has 0 aliphatic heterocycles. The molecular formula is C22H18ClNO. The molecule has 1 amide bonds. The summed E-state index contributed by atoms with van der Waals surface area (Å²) < 4.78 is 0. The predicted molar refractivity (Wildman–Crippen MR) is 104 cm³/mol. The second-order valence-corrected chi connectivity index (χ2v) is 6.08. The highest BCUT2D eigenvalue weighted by atomic mass is 35.5. The molecule has 0 aliphatic rings. The molecule has 0 bridgehead atoms. The Morgan fingerprint density at radius 3 is 2.08 bits per heavy atom. The molecule has 0 aliphatic carbocycles. The molecule has 0 unspecified atom stereocenters. The molecule has 124 valence electrons. The van der Waals surface area contributed by atoms with E-state index in [1.54, 1.807) is 0 Å². The van der Waals surface area contributed by atoms with Crippen LogP contribution in [-0.4, -0.2) is 5.91 Å². The molecule has 3 aromatic carbocycles. The quantitative estimate of drug-likeness (QED) is 0.499. The third-order valence-electron chi connectivity index (χ3n) is 3.81. The summed E-state index contributed by atoms with van der Waals surface area (Å²) in [6, 6.07) is 27.0. The normalized spacial score (nSPS) is 11.2. The Kier molecular flexibility index (Phi) is 5.65. The maximum Gasteiger partial charge on any atom is 0.252 e. The SMILES string of the molecule is O=C(NCc1ccc(Cl)cc1)C(=Cc1ccccc1)c1ccccc1. The number of nitrogens with one attached hydrogen (secondary N) is 1. The Balaban J connectivity index is 1.82. The van der Waals surface area contributed by atoms with Gasteiger partial charge in [0.1, 0.15) is 0 Å². The highest BCUT2D eigenvalue weighted by molar-refractivity contribution is 6.30. The molecule has 0 fully saturated rings. The van der Waals surface area contributed by atoms with E-state index < -0.39 is 0 Å². The van der Waals surface area contributed by atoms with Crippen LogP contribution in [0.5, 0.6) is 0 Å². The van der Waals surface area contributed by atoms with Crippen LogP contribution in [-0.2, 0) is 11.3 Å². The molecular weight excluding hydrogens is 330 g/mol. The fourth-order valence-electron chi connectivity index (χ4n) is 2.49. The molecule has 2 nitrogen and oxygen atoms in total. The van der Waals surface area contributed by atoms with Gasteiger partial charge < -0.3 is 5.32 Å². The molecule has 3 rings (SSSR count). The second-order valence-electron chi connectivity index (χ2n) is 5.64. The van der Waals surface area contributed by atoms with Gasteiger partial charge in [0.25, 0.3) is 5.91 Å². The summed E-state index contributed by atoms with van der Waals surface area (Å²) in [6.45, 7) is 0.453. The van der Waals surface area contributed by atoms with E-state index in [4.69, 9.17) is 11.6 Å². The summed E-state index contributed by atoms with van der Waals surface area (Å²) >= 11 is 5.90. The van der Waals surface area contributed by atoms with Crippen LogP contribution in [0, 0.1) is 0 Å². The van der Waals surface area contributed by atoms with Crippen LogP contribution in [0.4, 0.5) is 0 Å². The summed E-state index contributed by atoms with van der Waals surface area (Å²) in [4.78, 5) is 12.8. The number of hydrogen-bond donors (Lipinski definition) is 1. The largest absolute Gasteiger partial charge is 0.348 e. The highest BCUT2D eigenvalue weighted by Gasteiger charge is 2.11. The lowest BCUT2D eigenvalue weighted by Gasteiger charge is -2.10. The molecule has 0 saturated carbocycles. The van der Waals surface area contributed by atoms with Crippen molar-refractivity contribution in [1.29, 1.82) is 0 Å². The number of carbonyl (C=O) groups is 1. The van der Waals surface area contributed by atoms with Crippen LogP contribution in [0.2, 0.25) is 5.02 Å². The molecule has 0 heterocycles. The first kappa shape index (κ1) is 17.0. The van der Waals surface area contributed by atoms with Crippen molar-refractivity contribution in [3.05, 3.63) is 107 Å². The molecule has 0 saturated heterocycles. The molecule has 0 radical (unpaired) electrons. The summed E-state index contributed by atoms with van der Waals surface area (Å²) in [5.41, 5.74) is 3.52. The van der Waals surface area contributed by atoms with E-state index in [1.165, 1.54) is 0 Å². The molecule has 3 heteroatoms. The van der Waals surface area contributed by atoms with Crippen molar-refractivity contribution < 1.29 is 4.79 Å². The molecule has 1 N–H and O–H groups in total. The maximum atomic E-state index is 12.8. The average molecular weight is 348 g/mol. The number of amides is 1. The van der Waals surface area contributed by atoms with Gasteiger partial charge in [0.15, 0.2) is 0 Å². The van der Waals surface area contributed by atoms with Gasteiger partial charge in [-0.2, -0.15) is 0 Å². The minimum atomic E-state index is -0.106. The molecule has 3 aromatic rings. The first-order valence-corrected chi connectivity index (χ1v) is 8.45. The van der Waals surface area contributed by atoms with Crippen LogP contribution in [0.25, 0.3) is 11.6 Å². The van der Waals surface area contributed by atoms with E-state index in [2.05, 4.69) is 5.32 Å². The van der Waals surface area contributed by atoms with Crippen molar-refractivity contribution in [3.63, 3.8) is 0 Å². The summed E-state index contributed by atoms with van der Waals surface area (Å²) in [5, 5.41) is 3.67. The lowest BCUT2D eigenvalue weighted by Crippen LogP contribution is -2.23. The monoisotopic (exact) mass is 347 g/mol. The highest BCUT2D eigenvalue weighted by Crippen LogP contribution is 2.19. The summed E-state index contributed by atoms with van der Waals surface area (Å²) in [6.07, 6.45) is 1.91. The van der Waals surface area contributed by atoms with Crippen LogP contribution < -0.4 is 5.32 Å². The standard InChI is InChI=1S/C22H18ClNO/c23-20-13-11-18(12-14-20)16-24-22(25)21(19-9-5-2-6-10-19)15-17-7-3-1-4-8-17/h1-15H,16H2,(H,24,25).